The fourth-order valence-corrected chi connectivity index (χ4v) is 7.95. The lowest BCUT2D eigenvalue weighted by Crippen LogP contribution is -2.55. The summed E-state index contributed by atoms with van der Waals surface area (Å²) in [6, 6.07) is 10.4. The van der Waals surface area contributed by atoms with Crippen molar-refractivity contribution in [3.05, 3.63) is 62.5 Å². The normalized spacial score (nSPS) is 19.7. The van der Waals surface area contributed by atoms with E-state index >= 15 is 0 Å². The number of aromatic nitrogens is 2. The number of carbonyl (C=O) groups is 2. The van der Waals surface area contributed by atoms with E-state index in [1.807, 2.05) is 24.3 Å². The van der Waals surface area contributed by atoms with E-state index in [1.165, 1.54) is 6.07 Å². The lowest BCUT2D eigenvalue weighted by Gasteiger charge is -2.41. The Bertz CT molecular complexity index is 1650. The number of anilines is 1. The molecule has 47 heavy (non-hydrogen) atoms. The number of nitrogens with zero attached hydrogens (tertiary/aromatic N) is 4. The molecule has 254 valence electrons. The number of benzene rings is 2. The second kappa shape index (κ2) is 14.0. The third kappa shape index (κ3) is 7.39. The molecule has 1 aromatic heterocycles. The van der Waals surface area contributed by atoms with Crippen LogP contribution in [0.3, 0.4) is 0 Å². The number of fused-ring (bicyclic) bond motifs is 1. The second-order valence-electron chi connectivity index (χ2n) is 12.9. The van der Waals surface area contributed by atoms with Crippen LogP contribution in [0.2, 0.25) is 0 Å². The van der Waals surface area contributed by atoms with E-state index in [2.05, 4.69) is 31.1 Å². The highest BCUT2D eigenvalue weighted by molar-refractivity contribution is 9.10. The number of halogens is 4. The van der Waals surface area contributed by atoms with Crippen LogP contribution in [-0.4, -0.2) is 94.5 Å². The number of aromatic amines is 1. The number of rotatable bonds is 7. The summed E-state index contributed by atoms with van der Waals surface area (Å²) in [6.45, 7) is 5.25. The fourth-order valence-electron chi connectivity index (χ4n) is 7.45. The largest absolute Gasteiger partial charge is 0.418 e. The predicted molar refractivity (Wildman–Crippen MR) is 177 cm³/mol. The topological polar surface area (TPSA) is 120 Å². The van der Waals surface area contributed by atoms with Crippen LogP contribution in [0.5, 0.6) is 0 Å². The number of imidazole rings is 1. The maximum absolute atomic E-state index is 14.0. The summed E-state index contributed by atoms with van der Waals surface area (Å²) in [5.74, 6) is -1.27. The first-order valence-corrected chi connectivity index (χ1v) is 17.1. The standard InChI is InChI=1S/C33H41BrF3N7O3/c34-26-19-21(18-25(30(26)38)33(35,36)37)17-22(31(46)43-15-13-41(14-16-43)23-5-9-39-10-6-23)20-29(45)42-11-7-24(8-12-42)44-28-4-2-1-3-27(28)40-32(44)47/h1-4,18-19,22-24,39H,5-17,20,38H2,(H,40,47)/t22-/m0/s1. The number of likely N-dealkylation sites (tertiary alicyclic amines) is 1. The zero-order valence-corrected chi connectivity index (χ0v) is 27.8. The van der Waals surface area contributed by atoms with Crippen LogP contribution in [0, 0.1) is 5.92 Å². The number of para-hydroxylation sites is 2. The van der Waals surface area contributed by atoms with Gasteiger partial charge in [-0.25, -0.2) is 4.79 Å². The number of H-pyrrole nitrogens is 1. The average Bonchev–Trinajstić information content (AvgIpc) is 3.41. The van der Waals surface area contributed by atoms with Gasteiger partial charge >= 0.3 is 11.9 Å². The monoisotopic (exact) mass is 719 g/mol. The number of amides is 2. The SMILES string of the molecule is Nc1c(Br)cc(C[C@@H](CC(=O)N2CCC(n3c(=O)[nH]c4ccccc43)CC2)C(=O)N2CCN(C3CCNCC3)CC2)cc1C(F)(F)F. The van der Waals surface area contributed by atoms with Crippen LogP contribution in [0.4, 0.5) is 18.9 Å². The van der Waals surface area contributed by atoms with Gasteiger partial charge in [0.25, 0.3) is 0 Å². The molecule has 3 aliphatic heterocycles. The van der Waals surface area contributed by atoms with Gasteiger partial charge in [-0.1, -0.05) is 12.1 Å². The Labute approximate surface area is 279 Å². The zero-order chi connectivity index (χ0) is 33.3. The van der Waals surface area contributed by atoms with Crippen molar-refractivity contribution >= 4 is 44.5 Å². The predicted octanol–water partition coefficient (Wildman–Crippen LogP) is 4.00. The van der Waals surface area contributed by atoms with Gasteiger partial charge in [-0.3, -0.25) is 19.1 Å². The Hall–Kier alpha value is -3.36. The molecule has 1 atom stereocenters. The Morgan fingerprint density at radius 1 is 0.936 bits per heavy atom. The third-order valence-electron chi connectivity index (χ3n) is 10.0. The molecular weight excluding hydrogens is 679 g/mol. The molecule has 0 aliphatic carbocycles. The summed E-state index contributed by atoms with van der Waals surface area (Å²) < 4.78 is 43.3. The summed E-state index contributed by atoms with van der Waals surface area (Å²) in [5.41, 5.74) is 6.05. The Balaban J connectivity index is 1.16. The molecule has 0 saturated carbocycles. The molecule has 0 radical (unpaired) electrons. The molecule has 4 N–H and O–H groups in total. The number of piperidine rings is 2. The molecular formula is C33H41BrF3N7O3. The number of carbonyl (C=O) groups excluding carboxylic acids is 2. The summed E-state index contributed by atoms with van der Waals surface area (Å²) >= 11 is 3.16. The van der Waals surface area contributed by atoms with E-state index in [0.717, 1.165) is 56.1 Å². The second-order valence-corrected chi connectivity index (χ2v) is 13.8. The maximum Gasteiger partial charge on any atom is 0.418 e. The summed E-state index contributed by atoms with van der Waals surface area (Å²) in [6.07, 6.45) is -1.54. The van der Waals surface area contributed by atoms with Crippen molar-refractivity contribution in [2.45, 2.75) is 56.8 Å². The fraction of sp³-hybridized carbons (Fsp3) is 0.545. The minimum absolute atomic E-state index is 0.0256. The number of piperazine rings is 1. The van der Waals surface area contributed by atoms with Crippen LogP contribution in [0.15, 0.2) is 45.7 Å². The Kier molecular flexibility index (Phi) is 10.00. The number of nitrogens with two attached hydrogens (primary N) is 1. The van der Waals surface area contributed by atoms with Crippen LogP contribution >= 0.6 is 15.9 Å². The smallest absolute Gasteiger partial charge is 0.397 e. The van der Waals surface area contributed by atoms with E-state index in [0.29, 0.717) is 45.1 Å². The lowest BCUT2D eigenvalue weighted by atomic mass is 9.92. The first-order valence-electron chi connectivity index (χ1n) is 16.3. The highest BCUT2D eigenvalue weighted by atomic mass is 79.9. The molecule has 4 heterocycles. The Morgan fingerprint density at radius 2 is 1.62 bits per heavy atom. The first kappa shape index (κ1) is 33.5. The molecule has 0 unspecified atom stereocenters. The summed E-state index contributed by atoms with van der Waals surface area (Å²) in [7, 11) is 0. The molecule has 3 aliphatic rings. The van der Waals surface area contributed by atoms with Crippen molar-refractivity contribution in [1.29, 1.82) is 0 Å². The van der Waals surface area contributed by atoms with E-state index in [-0.39, 0.29) is 46.4 Å². The van der Waals surface area contributed by atoms with Crippen molar-refractivity contribution in [2.75, 3.05) is 58.1 Å². The van der Waals surface area contributed by atoms with Gasteiger partial charge in [0.15, 0.2) is 0 Å². The van der Waals surface area contributed by atoms with Crippen molar-refractivity contribution in [3.8, 4) is 0 Å². The molecule has 0 spiro atoms. The molecule has 2 amide bonds. The van der Waals surface area contributed by atoms with E-state index in [9.17, 15) is 27.6 Å². The minimum atomic E-state index is -4.67. The van der Waals surface area contributed by atoms with Crippen molar-refractivity contribution in [1.82, 2.24) is 29.6 Å². The average molecular weight is 721 g/mol. The first-order chi connectivity index (χ1) is 22.5. The van der Waals surface area contributed by atoms with Crippen LogP contribution in [0.25, 0.3) is 11.0 Å². The van der Waals surface area contributed by atoms with E-state index in [4.69, 9.17) is 5.73 Å². The van der Waals surface area contributed by atoms with Gasteiger partial charge in [-0.05, 0) is 91.0 Å². The zero-order valence-electron chi connectivity index (χ0n) is 26.2. The van der Waals surface area contributed by atoms with Crippen molar-refractivity contribution < 1.29 is 22.8 Å². The molecule has 10 nitrogen and oxygen atoms in total. The van der Waals surface area contributed by atoms with E-state index < -0.39 is 23.3 Å². The van der Waals surface area contributed by atoms with Crippen molar-refractivity contribution in [3.63, 3.8) is 0 Å². The lowest BCUT2D eigenvalue weighted by molar-refractivity contribution is -0.143. The number of alkyl halides is 3. The number of nitrogen functional groups attached to an aromatic ring is 1. The number of nitrogens with one attached hydrogen (secondary N) is 2. The van der Waals surface area contributed by atoms with Gasteiger partial charge in [0.2, 0.25) is 11.8 Å². The van der Waals surface area contributed by atoms with Gasteiger partial charge < -0.3 is 25.8 Å². The third-order valence-corrected chi connectivity index (χ3v) is 10.7. The maximum atomic E-state index is 14.0. The van der Waals surface area contributed by atoms with Gasteiger partial charge in [0.05, 0.1) is 28.2 Å². The van der Waals surface area contributed by atoms with Crippen LogP contribution < -0.4 is 16.7 Å². The van der Waals surface area contributed by atoms with Gasteiger partial charge in [-0.15, -0.1) is 0 Å². The molecule has 14 heteroatoms. The Morgan fingerprint density at radius 3 is 2.30 bits per heavy atom. The molecule has 3 fully saturated rings. The number of hydrogen-bond acceptors (Lipinski definition) is 6. The van der Waals surface area contributed by atoms with Crippen LogP contribution in [0.1, 0.15) is 49.3 Å². The summed E-state index contributed by atoms with van der Waals surface area (Å²) in [4.78, 5) is 49.3. The molecule has 6 rings (SSSR count). The molecule has 3 aromatic rings. The summed E-state index contributed by atoms with van der Waals surface area (Å²) in [5, 5.41) is 3.38. The quantitative estimate of drug-likeness (QED) is 0.318. The highest BCUT2D eigenvalue weighted by Crippen LogP contribution is 2.39. The van der Waals surface area contributed by atoms with Gasteiger partial charge in [0, 0.05) is 62.2 Å². The number of hydrogen-bond donors (Lipinski definition) is 3. The van der Waals surface area contributed by atoms with Crippen LogP contribution in [-0.2, 0) is 22.2 Å². The van der Waals surface area contributed by atoms with Gasteiger partial charge in [0.1, 0.15) is 0 Å². The highest BCUT2D eigenvalue weighted by Gasteiger charge is 2.37. The van der Waals surface area contributed by atoms with E-state index in [1.54, 1.807) is 14.4 Å². The van der Waals surface area contributed by atoms with Crippen molar-refractivity contribution in [2.24, 2.45) is 5.92 Å². The van der Waals surface area contributed by atoms with Gasteiger partial charge in [-0.2, -0.15) is 13.2 Å². The minimum Gasteiger partial charge on any atom is -0.397 e. The molecule has 2 aromatic carbocycles. The molecule has 0 bridgehead atoms. The molecule has 3 saturated heterocycles.